The number of hydrogen-bond donors (Lipinski definition) is 3. The molecule has 5 aliphatic heterocycles. The molecule has 0 radical (unpaired) electrons. The number of benzene rings is 3. The van der Waals surface area contributed by atoms with Gasteiger partial charge in [-0.15, -0.1) is 0 Å². The molecule has 3 aromatic carbocycles. The maximum atomic E-state index is 15.3. The summed E-state index contributed by atoms with van der Waals surface area (Å²) in [5, 5.41) is 10.9. The van der Waals surface area contributed by atoms with Crippen LogP contribution in [-0.4, -0.2) is 120 Å². The molecule has 0 aliphatic carbocycles. The smallest absolute Gasteiger partial charge is 0.234 e. The Morgan fingerprint density at radius 3 is 2.32 bits per heavy atom. The quantitative estimate of drug-likeness (QED) is 0.0758. The van der Waals surface area contributed by atoms with Crippen LogP contribution in [0.2, 0.25) is 0 Å². The van der Waals surface area contributed by atoms with Crippen molar-refractivity contribution in [2.45, 2.75) is 84.1 Å². The summed E-state index contributed by atoms with van der Waals surface area (Å²) in [6.45, 7) is 12.1. The van der Waals surface area contributed by atoms with Gasteiger partial charge < -0.3 is 34.6 Å². The molecule has 2 aromatic heterocycles. The van der Waals surface area contributed by atoms with Crippen molar-refractivity contribution in [1.82, 2.24) is 30.1 Å². The normalized spacial score (nSPS) is 20.8. The van der Waals surface area contributed by atoms with Crippen LogP contribution in [0, 0.1) is 24.5 Å². The van der Waals surface area contributed by atoms with Crippen molar-refractivity contribution >= 4 is 91.5 Å². The lowest BCUT2D eigenvalue weighted by atomic mass is 9.89. The zero-order valence-electron chi connectivity index (χ0n) is 41.1. The van der Waals surface area contributed by atoms with Crippen LogP contribution in [-0.2, 0) is 25.4 Å². The van der Waals surface area contributed by atoms with E-state index >= 15 is 8.78 Å². The van der Waals surface area contributed by atoms with Gasteiger partial charge in [0, 0.05) is 123 Å². The van der Waals surface area contributed by atoms with Crippen molar-refractivity contribution < 1.29 is 32.5 Å². The number of pyridine rings is 1. The number of anilines is 6. The van der Waals surface area contributed by atoms with Crippen LogP contribution in [0.25, 0.3) is 10.9 Å². The Hall–Kier alpha value is -5.71. The molecule has 5 saturated heterocycles. The number of ether oxygens (including phenoxy) is 1. The molecular weight excluding hydrogens is 1010 g/mol. The summed E-state index contributed by atoms with van der Waals surface area (Å²) in [6.07, 6.45) is 8.42. The van der Waals surface area contributed by atoms with Crippen molar-refractivity contribution in [2.24, 2.45) is 5.92 Å². The van der Waals surface area contributed by atoms with Gasteiger partial charge in [-0.3, -0.25) is 29.6 Å². The predicted octanol–water partition coefficient (Wildman–Crippen LogP) is 8.76. The van der Waals surface area contributed by atoms with Gasteiger partial charge in [0.15, 0.2) is 0 Å². The molecule has 0 saturated carbocycles. The lowest BCUT2D eigenvalue weighted by Crippen LogP contribution is -2.55. The number of aryl methyl sites for hydroxylation is 2. The minimum absolute atomic E-state index is 0.0272. The second kappa shape index (κ2) is 21.0. The predicted molar refractivity (Wildman–Crippen MR) is 281 cm³/mol. The average Bonchev–Trinajstić information content (AvgIpc) is 4.06. The molecule has 72 heavy (non-hydrogen) atoms. The Morgan fingerprint density at radius 1 is 0.875 bits per heavy atom. The Bertz CT molecular complexity index is 2930. The molecule has 0 spiro atoms. The molecule has 3 N–H and O–H groups in total. The van der Waals surface area contributed by atoms with Gasteiger partial charge in [-0.05, 0) is 117 Å². The molecule has 19 heteroatoms. The highest BCUT2D eigenvalue weighted by Gasteiger charge is 2.38. The fraction of sp³-hybridized carbons (Fsp3) is 0.472. The van der Waals surface area contributed by atoms with E-state index in [0.29, 0.717) is 85.2 Å². The first-order valence-corrected chi connectivity index (χ1v) is 28.4. The van der Waals surface area contributed by atoms with Gasteiger partial charge in [0.05, 0.1) is 39.8 Å². The van der Waals surface area contributed by atoms with Gasteiger partial charge in [-0.25, -0.2) is 13.8 Å². The summed E-state index contributed by atoms with van der Waals surface area (Å²) >= 11 is 3.66. The lowest BCUT2D eigenvalue weighted by Gasteiger charge is -2.44. The third-order valence-corrected chi connectivity index (χ3v) is 19.3. The highest BCUT2D eigenvalue weighted by atomic mass is 79.9. The molecule has 1 unspecified atom stereocenters. The van der Waals surface area contributed by atoms with E-state index < -0.39 is 36.5 Å². The van der Waals surface area contributed by atoms with E-state index in [0.717, 1.165) is 103 Å². The monoisotopic (exact) mass is 1070 g/mol. The average molecular weight is 1070 g/mol. The number of hydrogen-bond acceptors (Lipinski definition) is 13. The summed E-state index contributed by atoms with van der Waals surface area (Å²) in [5.74, 6) is -2.40. The second-order valence-electron chi connectivity index (χ2n) is 19.8. The van der Waals surface area contributed by atoms with Crippen molar-refractivity contribution in [3.63, 3.8) is 0 Å². The maximum Gasteiger partial charge on any atom is 0.234 e. The number of fused-ring (bicyclic) bond motifs is 1. The molecule has 15 nitrogen and oxygen atoms in total. The number of amides is 3. The van der Waals surface area contributed by atoms with E-state index in [1.54, 1.807) is 6.20 Å². The Balaban J connectivity index is 0.747. The standard InChI is InChI=1S/C53H62BrF2N10O5P/c1-4-34-8-9-37-42(58-34)11-12-43(49(37)72(70)24-6-7-25-72)59-50-39(54)30-57-53(62-50)60-44-26-32(3)45(29-46(44)71-5-2)64-18-15-35(16-19-64)63-20-22-65(23-21-63)52(69)33-14-17-66(31-33)36-27-40(55)48(41(56)28-36)38-10-13-47(67)61-51(38)68/h8-9,11-12,26-30,33,35,38H,4-7,10,13-25,31H2,1-3H3,(H,61,67,68)(H2,57,59,60,62)/t33-,38?/m1/s1. The maximum absolute atomic E-state index is 15.3. The molecular formula is C53H62BrF2N10O5P. The minimum Gasteiger partial charge on any atom is -0.492 e. The molecule has 5 fully saturated rings. The SMILES string of the molecule is CCOc1cc(N2CCC(N3CCN(C(=O)[C@@H]4CCN(c5cc(F)c(C6CCC(=O)NC6=O)c(F)c5)C4)CC3)CC2)c(C)cc1Nc1ncc(Br)c(Nc2ccc3nc(CC)ccc3c2P2(=O)CCCC2)n1. The van der Waals surface area contributed by atoms with Crippen LogP contribution in [0.15, 0.2) is 59.2 Å². The number of halogens is 3. The third kappa shape index (κ3) is 10.1. The molecule has 10 rings (SSSR count). The number of imide groups is 1. The highest BCUT2D eigenvalue weighted by molar-refractivity contribution is 9.10. The van der Waals surface area contributed by atoms with E-state index in [1.165, 1.54) is 12.1 Å². The van der Waals surface area contributed by atoms with Crippen LogP contribution < -0.4 is 35.8 Å². The highest BCUT2D eigenvalue weighted by Crippen LogP contribution is 2.54. The van der Waals surface area contributed by atoms with Crippen molar-refractivity contribution in [1.29, 1.82) is 0 Å². The number of rotatable bonds is 13. The minimum atomic E-state index is -2.66. The summed E-state index contributed by atoms with van der Waals surface area (Å²) in [6, 6.07) is 15.1. The number of nitrogens with zero attached hydrogens (tertiary/aromatic N) is 7. The number of nitrogens with one attached hydrogen (secondary N) is 3. The van der Waals surface area contributed by atoms with Gasteiger partial charge >= 0.3 is 0 Å². The van der Waals surface area contributed by atoms with Gasteiger partial charge in [0.2, 0.25) is 23.7 Å². The molecule has 5 aliphatic rings. The van der Waals surface area contributed by atoms with E-state index in [-0.39, 0.29) is 30.2 Å². The van der Waals surface area contributed by atoms with Gasteiger partial charge in [0.25, 0.3) is 0 Å². The van der Waals surface area contributed by atoms with E-state index in [4.69, 9.17) is 14.7 Å². The summed E-state index contributed by atoms with van der Waals surface area (Å²) in [5.41, 5.74) is 5.61. The molecule has 2 atom stereocenters. The second-order valence-corrected chi connectivity index (χ2v) is 23.7. The first kappa shape index (κ1) is 49.9. The first-order valence-electron chi connectivity index (χ1n) is 25.5. The van der Waals surface area contributed by atoms with Crippen LogP contribution in [0.3, 0.4) is 0 Å². The zero-order valence-corrected chi connectivity index (χ0v) is 43.6. The van der Waals surface area contributed by atoms with Crippen molar-refractivity contribution in [3.05, 3.63) is 87.7 Å². The van der Waals surface area contributed by atoms with Gasteiger partial charge in [-0.2, -0.15) is 4.98 Å². The first-order chi connectivity index (χ1) is 34.8. The number of carbonyl (C=O) groups is 3. The Kier molecular flexibility index (Phi) is 14.6. The summed E-state index contributed by atoms with van der Waals surface area (Å²) < 4.78 is 52.1. The topological polar surface area (TPSA) is 165 Å². The van der Waals surface area contributed by atoms with E-state index in [9.17, 15) is 18.9 Å². The van der Waals surface area contributed by atoms with Crippen LogP contribution in [0.1, 0.15) is 81.5 Å². The fourth-order valence-electron chi connectivity index (χ4n) is 11.5. The summed E-state index contributed by atoms with van der Waals surface area (Å²) in [4.78, 5) is 60.8. The molecule has 380 valence electrons. The van der Waals surface area contributed by atoms with E-state index in [2.05, 4.69) is 78.7 Å². The number of carbonyl (C=O) groups excluding carboxylic acids is 3. The van der Waals surface area contributed by atoms with Crippen LogP contribution in [0.5, 0.6) is 5.75 Å². The molecule has 5 aromatic rings. The third-order valence-electron chi connectivity index (χ3n) is 15.3. The molecule has 7 heterocycles. The van der Waals surface area contributed by atoms with Crippen LogP contribution in [0.4, 0.5) is 43.3 Å². The Labute approximate surface area is 427 Å². The lowest BCUT2D eigenvalue weighted by molar-refractivity contribution is -0.137. The number of piperazine rings is 1. The van der Waals surface area contributed by atoms with Crippen molar-refractivity contribution in [2.75, 3.05) is 91.7 Å². The zero-order chi connectivity index (χ0) is 50.3. The number of aromatic nitrogens is 3. The van der Waals surface area contributed by atoms with Crippen molar-refractivity contribution in [3.8, 4) is 5.75 Å². The number of piperidine rings is 2. The molecule has 0 bridgehead atoms. The Morgan fingerprint density at radius 2 is 1.61 bits per heavy atom. The molecule has 3 amide bonds. The fourth-order valence-corrected chi connectivity index (χ4v) is 15.1. The van der Waals surface area contributed by atoms with Gasteiger partial charge in [-0.1, -0.05) is 13.0 Å². The largest absolute Gasteiger partial charge is 0.492 e. The van der Waals surface area contributed by atoms with Gasteiger partial charge in [0.1, 0.15) is 30.3 Å². The van der Waals surface area contributed by atoms with E-state index in [1.807, 2.05) is 34.9 Å². The summed E-state index contributed by atoms with van der Waals surface area (Å²) in [7, 11) is -2.66. The van der Waals surface area contributed by atoms with Crippen LogP contribution >= 0.6 is 23.1 Å².